The highest BCUT2D eigenvalue weighted by atomic mass is 32.1. The first kappa shape index (κ1) is 16.2. The van der Waals surface area contributed by atoms with Gasteiger partial charge in [0.2, 0.25) is 0 Å². The van der Waals surface area contributed by atoms with Gasteiger partial charge in [-0.3, -0.25) is 14.4 Å². The molecule has 0 N–H and O–H groups in total. The van der Waals surface area contributed by atoms with Gasteiger partial charge in [-0.25, -0.2) is 0 Å². The molecule has 0 atom stereocenters. The Morgan fingerprint density at radius 1 is 1.26 bits per heavy atom. The molecule has 5 nitrogen and oxygen atoms in total. The molecule has 1 amide bonds. The Morgan fingerprint density at radius 2 is 2.00 bits per heavy atom. The standard InChI is InChI=1S/C17H24N4OS/c1-13-16(14(2)19(3)18-13)17(22)21-10-8-20(9-11-21)7-6-15-5-4-12-23-15/h4-5,12H,6-11H2,1-3H3. The van der Waals surface area contributed by atoms with Gasteiger partial charge in [-0.1, -0.05) is 6.07 Å². The molecule has 1 fully saturated rings. The number of carbonyl (C=O) groups excluding carboxylic acids is 1. The molecule has 0 radical (unpaired) electrons. The summed E-state index contributed by atoms with van der Waals surface area (Å²) in [5, 5.41) is 6.49. The highest BCUT2D eigenvalue weighted by molar-refractivity contribution is 7.09. The minimum atomic E-state index is 0.131. The fourth-order valence-corrected chi connectivity index (χ4v) is 3.84. The maximum absolute atomic E-state index is 12.8. The second-order valence-electron chi connectivity index (χ2n) is 6.13. The maximum atomic E-state index is 12.8. The highest BCUT2D eigenvalue weighted by Crippen LogP contribution is 2.17. The molecule has 1 saturated heterocycles. The Kier molecular flexibility index (Phi) is 4.82. The van der Waals surface area contributed by atoms with Crippen molar-refractivity contribution in [2.75, 3.05) is 32.7 Å². The van der Waals surface area contributed by atoms with Crippen LogP contribution in [-0.2, 0) is 13.5 Å². The Hall–Kier alpha value is -1.66. The molecule has 0 aliphatic carbocycles. The van der Waals surface area contributed by atoms with E-state index in [1.807, 2.05) is 37.1 Å². The van der Waals surface area contributed by atoms with Crippen molar-refractivity contribution in [3.8, 4) is 0 Å². The maximum Gasteiger partial charge on any atom is 0.257 e. The van der Waals surface area contributed by atoms with E-state index in [-0.39, 0.29) is 5.91 Å². The van der Waals surface area contributed by atoms with Crippen molar-refractivity contribution >= 4 is 17.2 Å². The molecule has 0 bridgehead atoms. The molecular weight excluding hydrogens is 308 g/mol. The van der Waals surface area contributed by atoms with Crippen LogP contribution < -0.4 is 0 Å². The van der Waals surface area contributed by atoms with Crippen LogP contribution in [-0.4, -0.2) is 58.2 Å². The molecule has 0 unspecified atom stereocenters. The van der Waals surface area contributed by atoms with E-state index in [1.165, 1.54) is 4.88 Å². The minimum Gasteiger partial charge on any atom is -0.336 e. The van der Waals surface area contributed by atoms with Crippen molar-refractivity contribution in [3.63, 3.8) is 0 Å². The quantitative estimate of drug-likeness (QED) is 0.861. The lowest BCUT2D eigenvalue weighted by molar-refractivity contribution is 0.0637. The van der Waals surface area contributed by atoms with E-state index >= 15 is 0 Å². The van der Waals surface area contributed by atoms with Gasteiger partial charge in [0.05, 0.1) is 11.3 Å². The molecule has 2 aromatic rings. The molecule has 124 valence electrons. The third-order valence-corrected chi connectivity index (χ3v) is 5.57. The van der Waals surface area contributed by atoms with E-state index in [9.17, 15) is 4.79 Å². The number of carbonyl (C=O) groups is 1. The summed E-state index contributed by atoms with van der Waals surface area (Å²) in [6, 6.07) is 4.30. The average Bonchev–Trinajstić information content (AvgIpc) is 3.14. The molecule has 0 spiro atoms. The second kappa shape index (κ2) is 6.84. The van der Waals surface area contributed by atoms with Gasteiger partial charge in [0.1, 0.15) is 0 Å². The number of nitrogens with zero attached hydrogens (tertiary/aromatic N) is 4. The molecule has 6 heteroatoms. The van der Waals surface area contributed by atoms with Crippen LogP contribution in [0.1, 0.15) is 26.6 Å². The number of hydrogen-bond donors (Lipinski definition) is 0. The summed E-state index contributed by atoms with van der Waals surface area (Å²) in [5.41, 5.74) is 2.56. The van der Waals surface area contributed by atoms with E-state index in [4.69, 9.17) is 0 Å². The SMILES string of the molecule is Cc1nn(C)c(C)c1C(=O)N1CCN(CCc2cccs2)CC1. The number of piperazine rings is 1. The van der Waals surface area contributed by atoms with Crippen molar-refractivity contribution in [3.05, 3.63) is 39.3 Å². The Labute approximate surface area is 141 Å². The number of rotatable bonds is 4. The summed E-state index contributed by atoms with van der Waals surface area (Å²) in [7, 11) is 1.89. The van der Waals surface area contributed by atoms with Gasteiger partial charge < -0.3 is 4.90 Å². The highest BCUT2D eigenvalue weighted by Gasteiger charge is 2.26. The van der Waals surface area contributed by atoms with Gasteiger partial charge in [0.15, 0.2) is 0 Å². The minimum absolute atomic E-state index is 0.131. The molecule has 2 aromatic heterocycles. The van der Waals surface area contributed by atoms with Crippen LogP contribution in [0.25, 0.3) is 0 Å². The summed E-state index contributed by atoms with van der Waals surface area (Å²) < 4.78 is 1.79. The fraction of sp³-hybridized carbons (Fsp3) is 0.529. The predicted molar refractivity (Wildman–Crippen MR) is 93.0 cm³/mol. The second-order valence-corrected chi connectivity index (χ2v) is 7.16. The van der Waals surface area contributed by atoms with E-state index < -0.39 is 0 Å². The fourth-order valence-electron chi connectivity index (χ4n) is 3.14. The van der Waals surface area contributed by atoms with Gasteiger partial charge in [-0.2, -0.15) is 5.10 Å². The summed E-state index contributed by atoms with van der Waals surface area (Å²) in [5.74, 6) is 0.131. The lowest BCUT2D eigenvalue weighted by atomic mass is 10.1. The molecule has 0 saturated carbocycles. The van der Waals surface area contributed by atoms with E-state index in [0.717, 1.165) is 56.1 Å². The van der Waals surface area contributed by atoms with Gasteiger partial charge in [-0.15, -0.1) is 11.3 Å². The lowest BCUT2D eigenvalue weighted by Gasteiger charge is -2.34. The zero-order valence-corrected chi connectivity index (χ0v) is 14.9. The van der Waals surface area contributed by atoms with Crippen molar-refractivity contribution in [1.82, 2.24) is 19.6 Å². The molecule has 1 aliphatic heterocycles. The van der Waals surface area contributed by atoms with Crippen LogP contribution in [0.4, 0.5) is 0 Å². The molecule has 0 aromatic carbocycles. The zero-order valence-electron chi connectivity index (χ0n) is 14.1. The Balaban J connectivity index is 1.55. The summed E-state index contributed by atoms with van der Waals surface area (Å²) in [6.07, 6.45) is 1.10. The first-order valence-corrected chi connectivity index (χ1v) is 8.98. The van der Waals surface area contributed by atoms with Crippen LogP contribution in [0.2, 0.25) is 0 Å². The molecule has 3 heterocycles. The van der Waals surface area contributed by atoms with Crippen molar-refractivity contribution in [2.24, 2.45) is 7.05 Å². The summed E-state index contributed by atoms with van der Waals surface area (Å²) in [6.45, 7) is 8.47. The Bertz CT molecular complexity index is 669. The first-order chi connectivity index (χ1) is 11.1. The van der Waals surface area contributed by atoms with Crippen molar-refractivity contribution in [2.45, 2.75) is 20.3 Å². The number of amides is 1. The molecule has 1 aliphatic rings. The normalized spacial score (nSPS) is 16.0. The topological polar surface area (TPSA) is 41.4 Å². The van der Waals surface area contributed by atoms with Crippen LogP contribution in [0.3, 0.4) is 0 Å². The van der Waals surface area contributed by atoms with Crippen LogP contribution in [0, 0.1) is 13.8 Å². The van der Waals surface area contributed by atoms with Gasteiger partial charge in [0.25, 0.3) is 5.91 Å². The van der Waals surface area contributed by atoms with Crippen molar-refractivity contribution < 1.29 is 4.79 Å². The number of thiophene rings is 1. The third kappa shape index (κ3) is 3.48. The van der Waals surface area contributed by atoms with Crippen molar-refractivity contribution in [1.29, 1.82) is 0 Å². The monoisotopic (exact) mass is 332 g/mol. The largest absolute Gasteiger partial charge is 0.336 e. The Morgan fingerprint density at radius 3 is 2.57 bits per heavy atom. The summed E-state index contributed by atoms with van der Waals surface area (Å²) >= 11 is 1.82. The number of aromatic nitrogens is 2. The van der Waals surface area contributed by atoms with Crippen LogP contribution >= 0.6 is 11.3 Å². The van der Waals surface area contributed by atoms with E-state index in [1.54, 1.807) is 4.68 Å². The average molecular weight is 332 g/mol. The number of aryl methyl sites for hydroxylation is 2. The van der Waals surface area contributed by atoms with E-state index in [2.05, 4.69) is 27.5 Å². The predicted octanol–water partition coefficient (Wildman–Crippen LogP) is 2.10. The zero-order chi connectivity index (χ0) is 16.4. The lowest BCUT2D eigenvalue weighted by Crippen LogP contribution is -2.49. The first-order valence-electron chi connectivity index (χ1n) is 8.10. The molecule has 3 rings (SSSR count). The van der Waals surface area contributed by atoms with Crippen LogP contribution in [0.15, 0.2) is 17.5 Å². The van der Waals surface area contributed by atoms with Crippen LogP contribution in [0.5, 0.6) is 0 Å². The summed E-state index contributed by atoms with van der Waals surface area (Å²) in [4.78, 5) is 18.6. The number of hydrogen-bond acceptors (Lipinski definition) is 4. The molecule has 23 heavy (non-hydrogen) atoms. The van der Waals surface area contributed by atoms with Gasteiger partial charge in [-0.05, 0) is 31.7 Å². The van der Waals surface area contributed by atoms with Gasteiger partial charge in [0, 0.05) is 50.3 Å². The molecular formula is C17H24N4OS. The van der Waals surface area contributed by atoms with Gasteiger partial charge >= 0.3 is 0 Å². The smallest absolute Gasteiger partial charge is 0.257 e. The van der Waals surface area contributed by atoms with E-state index in [0.29, 0.717) is 0 Å². The third-order valence-electron chi connectivity index (χ3n) is 4.64.